The number of nitrogens with one attached hydrogen (secondary N) is 1. The molecule has 0 saturated carbocycles. The molecule has 14 heavy (non-hydrogen) atoms. The second kappa shape index (κ2) is 5.48. The fraction of sp³-hybridized carbons (Fsp3) is 1.00. The summed E-state index contributed by atoms with van der Waals surface area (Å²) < 4.78 is 61.2. The largest absolute Gasteiger partial charge is 0.436 e. The van der Waals surface area contributed by atoms with E-state index < -0.39 is 25.1 Å². The molecule has 1 unspecified atom stereocenters. The van der Waals surface area contributed by atoms with Gasteiger partial charge in [-0.1, -0.05) is 13.3 Å². The summed E-state index contributed by atoms with van der Waals surface area (Å²) in [6, 6.07) is 0. The van der Waals surface area contributed by atoms with Crippen LogP contribution in [-0.4, -0.2) is 25.2 Å². The van der Waals surface area contributed by atoms with Crippen LogP contribution in [-0.2, 0) is 0 Å². The second-order valence-electron chi connectivity index (χ2n) is 3.02. The van der Waals surface area contributed by atoms with E-state index in [9.17, 15) is 22.0 Å². The Morgan fingerprint density at radius 3 is 2.07 bits per heavy atom. The molecule has 6 heteroatoms. The Balaban J connectivity index is 4.25. The average Bonchev–Trinajstić information content (AvgIpc) is 2.03. The third kappa shape index (κ3) is 3.77. The van der Waals surface area contributed by atoms with Gasteiger partial charge in [0.15, 0.2) is 0 Å². The summed E-state index contributed by atoms with van der Waals surface area (Å²) in [5, 5.41) is 1.71. The molecule has 0 aliphatic heterocycles. The van der Waals surface area contributed by atoms with Crippen molar-refractivity contribution >= 4 is 0 Å². The van der Waals surface area contributed by atoms with Gasteiger partial charge < -0.3 is 0 Å². The second-order valence-corrected chi connectivity index (χ2v) is 3.02. The molecule has 0 amide bonds. The Morgan fingerprint density at radius 2 is 1.71 bits per heavy atom. The third-order valence-corrected chi connectivity index (χ3v) is 1.82. The molecular formula is C8H14F5N. The van der Waals surface area contributed by atoms with Gasteiger partial charge in [-0.15, -0.1) is 0 Å². The van der Waals surface area contributed by atoms with E-state index in [-0.39, 0.29) is 6.54 Å². The summed E-state index contributed by atoms with van der Waals surface area (Å²) >= 11 is 0. The monoisotopic (exact) mass is 219 g/mol. The zero-order chi connectivity index (χ0) is 11.2. The molecular weight excluding hydrogens is 205 g/mol. The van der Waals surface area contributed by atoms with Crippen LogP contribution in [0.1, 0.15) is 26.2 Å². The van der Waals surface area contributed by atoms with E-state index in [1.54, 1.807) is 12.2 Å². The number of unbranched alkanes of at least 4 members (excludes halogenated alkanes) is 1. The van der Waals surface area contributed by atoms with Gasteiger partial charge in [0.1, 0.15) is 0 Å². The minimum absolute atomic E-state index is 0.105. The first-order valence-electron chi connectivity index (χ1n) is 4.44. The molecule has 0 spiro atoms. The van der Waals surface area contributed by atoms with Gasteiger partial charge in [0.2, 0.25) is 0 Å². The molecule has 0 rings (SSSR count). The molecule has 0 aliphatic rings. The van der Waals surface area contributed by atoms with E-state index in [0.717, 1.165) is 0 Å². The Kier molecular flexibility index (Phi) is 5.33. The minimum Gasteiger partial charge on any atom is -0.277 e. The number of alkyl halides is 5. The molecule has 0 fully saturated rings. The van der Waals surface area contributed by atoms with Crippen LogP contribution in [0.5, 0.6) is 0 Å². The molecule has 86 valence electrons. The molecule has 0 aromatic rings. The first kappa shape index (κ1) is 13.6. The van der Waals surface area contributed by atoms with Crippen molar-refractivity contribution in [3.8, 4) is 0 Å². The van der Waals surface area contributed by atoms with Crippen molar-refractivity contribution in [3.05, 3.63) is 0 Å². The van der Waals surface area contributed by atoms with Crippen LogP contribution in [0, 0.1) is 0 Å². The van der Waals surface area contributed by atoms with Gasteiger partial charge in [0, 0.05) is 6.42 Å². The quantitative estimate of drug-likeness (QED) is 0.411. The molecule has 0 aromatic carbocycles. The predicted octanol–water partition coefficient (Wildman–Crippen LogP) is 2.96. The Bertz CT molecular complexity index is 158. The zero-order valence-corrected chi connectivity index (χ0v) is 7.93. The zero-order valence-electron chi connectivity index (χ0n) is 7.93. The smallest absolute Gasteiger partial charge is 0.277 e. The van der Waals surface area contributed by atoms with Crippen molar-refractivity contribution in [3.63, 3.8) is 0 Å². The maximum Gasteiger partial charge on any atom is 0.436 e. The summed E-state index contributed by atoms with van der Waals surface area (Å²) in [4.78, 5) is 0. The van der Waals surface area contributed by atoms with E-state index in [2.05, 4.69) is 0 Å². The molecule has 0 saturated heterocycles. The van der Waals surface area contributed by atoms with E-state index >= 15 is 0 Å². The first-order valence-corrected chi connectivity index (χ1v) is 4.44. The maximum atomic E-state index is 13.1. The number of rotatable bonds is 6. The summed E-state index contributed by atoms with van der Waals surface area (Å²) in [6.07, 6.45) is -5.18. The standard InChI is InChI=1S/C8H14F5N/c1-2-3-6-14-7(10,4-5-9)8(11,12)13/h14H,2-6H2,1H3. The van der Waals surface area contributed by atoms with Gasteiger partial charge in [-0.25, -0.2) is 4.39 Å². The van der Waals surface area contributed by atoms with Crippen LogP contribution >= 0.6 is 0 Å². The van der Waals surface area contributed by atoms with Gasteiger partial charge in [-0.2, -0.15) is 13.2 Å². The molecule has 1 nitrogen and oxygen atoms in total. The third-order valence-electron chi connectivity index (χ3n) is 1.82. The maximum absolute atomic E-state index is 13.1. The summed E-state index contributed by atoms with van der Waals surface area (Å²) in [7, 11) is 0. The van der Waals surface area contributed by atoms with Crippen LogP contribution in [0.4, 0.5) is 22.0 Å². The van der Waals surface area contributed by atoms with Crippen LogP contribution in [0.15, 0.2) is 0 Å². The minimum atomic E-state index is -5.06. The number of hydrogen-bond acceptors (Lipinski definition) is 1. The summed E-state index contributed by atoms with van der Waals surface area (Å²) in [5.41, 5.74) is 0. The molecule has 0 aromatic heterocycles. The number of hydrogen-bond donors (Lipinski definition) is 1. The van der Waals surface area contributed by atoms with Crippen molar-refractivity contribution < 1.29 is 22.0 Å². The van der Waals surface area contributed by atoms with Crippen LogP contribution in [0.2, 0.25) is 0 Å². The molecule has 1 N–H and O–H groups in total. The summed E-state index contributed by atoms with van der Waals surface area (Å²) in [6.45, 7) is 0.325. The highest BCUT2D eigenvalue weighted by Gasteiger charge is 2.55. The lowest BCUT2D eigenvalue weighted by atomic mass is 10.1. The van der Waals surface area contributed by atoms with Crippen molar-refractivity contribution in [1.29, 1.82) is 0 Å². The van der Waals surface area contributed by atoms with Crippen LogP contribution in [0.25, 0.3) is 0 Å². The lowest BCUT2D eigenvalue weighted by Crippen LogP contribution is -2.53. The molecule has 0 bridgehead atoms. The van der Waals surface area contributed by atoms with Crippen molar-refractivity contribution in [2.24, 2.45) is 0 Å². The van der Waals surface area contributed by atoms with E-state index in [4.69, 9.17) is 0 Å². The highest BCUT2D eigenvalue weighted by Crippen LogP contribution is 2.34. The van der Waals surface area contributed by atoms with Gasteiger partial charge >= 0.3 is 6.18 Å². The van der Waals surface area contributed by atoms with Gasteiger partial charge in [0.05, 0.1) is 6.67 Å². The van der Waals surface area contributed by atoms with E-state index in [1.165, 1.54) is 0 Å². The number of halogens is 5. The topological polar surface area (TPSA) is 12.0 Å². The first-order chi connectivity index (χ1) is 6.37. The van der Waals surface area contributed by atoms with Gasteiger partial charge in [-0.3, -0.25) is 9.71 Å². The van der Waals surface area contributed by atoms with Gasteiger partial charge in [-0.05, 0) is 13.0 Å². The Morgan fingerprint density at radius 1 is 1.14 bits per heavy atom. The molecule has 0 radical (unpaired) electrons. The molecule has 0 aliphatic carbocycles. The van der Waals surface area contributed by atoms with Crippen LogP contribution in [0.3, 0.4) is 0 Å². The molecule has 1 atom stereocenters. The lowest BCUT2D eigenvalue weighted by molar-refractivity contribution is -0.245. The predicted molar refractivity (Wildman–Crippen MR) is 43.4 cm³/mol. The fourth-order valence-corrected chi connectivity index (χ4v) is 0.924. The average molecular weight is 219 g/mol. The van der Waals surface area contributed by atoms with Crippen molar-refractivity contribution in [2.45, 2.75) is 38.2 Å². The van der Waals surface area contributed by atoms with E-state index in [0.29, 0.717) is 12.8 Å². The Labute approximate surface area is 79.7 Å². The van der Waals surface area contributed by atoms with E-state index in [1.807, 2.05) is 0 Å². The highest BCUT2D eigenvalue weighted by atomic mass is 19.4. The highest BCUT2D eigenvalue weighted by molar-refractivity contribution is 4.84. The van der Waals surface area contributed by atoms with Crippen molar-refractivity contribution in [2.75, 3.05) is 13.2 Å². The van der Waals surface area contributed by atoms with Crippen molar-refractivity contribution in [1.82, 2.24) is 5.32 Å². The Hall–Kier alpha value is -0.390. The normalized spacial score (nSPS) is 16.7. The fourth-order valence-electron chi connectivity index (χ4n) is 0.924. The van der Waals surface area contributed by atoms with Gasteiger partial charge in [0.25, 0.3) is 5.79 Å². The van der Waals surface area contributed by atoms with Crippen LogP contribution < -0.4 is 5.32 Å². The lowest BCUT2D eigenvalue weighted by Gasteiger charge is -2.28. The molecule has 0 heterocycles. The summed E-state index contributed by atoms with van der Waals surface area (Å²) in [5.74, 6) is -3.59. The SMILES string of the molecule is CCCCNC(F)(CCF)C(F)(F)F.